The zero-order valence-corrected chi connectivity index (χ0v) is 9.89. The second-order valence-electron chi connectivity index (χ2n) is 4.35. The summed E-state index contributed by atoms with van der Waals surface area (Å²) >= 11 is 0. The van der Waals surface area contributed by atoms with Crippen molar-refractivity contribution in [1.29, 1.82) is 0 Å². The maximum Gasteiger partial charge on any atom is 0.109 e. The van der Waals surface area contributed by atoms with E-state index in [2.05, 4.69) is 34.3 Å². The average molecular weight is 191 g/mol. The Bertz CT molecular complexity index is 161. The van der Waals surface area contributed by atoms with Crippen molar-refractivity contribution in [3.05, 3.63) is 24.8 Å². The van der Waals surface area contributed by atoms with Crippen LogP contribution in [-0.2, 0) is 0 Å². The Labute approximate surface area is 90.7 Å². The minimum Gasteiger partial charge on any atom is -0.103 e. The second kappa shape index (κ2) is 9.11. The third kappa shape index (κ3) is 9.63. The Hall–Kier alpha value is -0.455. The van der Waals surface area contributed by atoms with Gasteiger partial charge in [-0.05, 0) is 25.7 Å². The fraction of sp³-hybridized carbons (Fsp3) is 0.692. The highest BCUT2D eigenvalue weighted by atomic mass is 14.1. The van der Waals surface area contributed by atoms with Crippen molar-refractivity contribution in [3.8, 4) is 0 Å². The first kappa shape index (κ1) is 13.5. The predicted molar refractivity (Wildman–Crippen MR) is 68.0 cm³/mol. The van der Waals surface area contributed by atoms with Gasteiger partial charge < -0.3 is 0 Å². The Kier molecular flexibility index (Phi) is 8.82. The molecule has 1 atom stereocenters. The van der Waals surface area contributed by atoms with Crippen LogP contribution in [0.2, 0.25) is 12.6 Å². The number of hydrogen-bond acceptors (Lipinski definition) is 0. The van der Waals surface area contributed by atoms with Gasteiger partial charge in [-0.25, -0.2) is 0 Å². The lowest BCUT2D eigenvalue weighted by molar-refractivity contribution is 0.520. The van der Waals surface area contributed by atoms with Crippen LogP contribution >= 0.6 is 0 Å². The van der Waals surface area contributed by atoms with Crippen molar-refractivity contribution in [3.63, 3.8) is 0 Å². The summed E-state index contributed by atoms with van der Waals surface area (Å²) in [7, 11) is 2.38. The molecular formula is C13H24B. The van der Waals surface area contributed by atoms with E-state index in [1.807, 2.05) is 6.08 Å². The van der Waals surface area contributed by atoms with Crippen molar-refractivity contribution in [1.82, 2.24) is 0 Å². The standard InChI is InChI=1S/C13H24B/c1-5-6-9-14-10-7-8-13(4)11-12(2)3/h5,13H,1-2,6-11H2,3-4H3. The first-order valence-electron chi connectivity index (χ1n) is 5.73. The van der Waals surface area contributed by atoms with Crippen molar-refractivity contribution >= 4 is 7.28 Å². The van der Waals surface area contributed by atoms with E-state index in [1.54, 1.807) is 0 Å². The average Bonchev–Trinajstić information content (AvgIpc) is 2.10. The summed E-state index contributed by atoms with van der Waals surface area (Å²) in [4.78, 5) is 0. The van der Waals surface area contributed by atoms with Crippen LogP contribution in [0.15, 0.2) is 24.8 Å². The zero-order valence-electron chi connectivity index (χ0n) is 9.89. The molecule has 0 aliphatic rings. The van der Waals surface area contributed by atoms with Gasteiger partial charge in [0.1, 0.15) is 7.28 Å². The van der Waals surface area contributed by atoms with Crippen LogP contribution in [0.3, 0.4) is 0 Å². The minimum absolute atomic E-state index is 0.806. The van der Waals surface area contributed by atoms with E-state index in [4.69, 9.17) is 0 Å². The van der Waals surface area contributed by atoms with Gasteiger partial charge in [-0.2, -0.15) is 0 Å². The molecule has 14 heavy (non-hydrogen) atoms. The fourth-order valence-electron chi connectivity index (χ4n) is 1.69. The molecule has 0 N–H and O–H groups in total. The van der Waals surface area contributed by atoms with Crippen molar-refractivity contribution < 1.29 is 0 Å². The van der Waals surface area contributed by atoms with Crippen molar-refractivity contribution in [2.75, 3.05) is 0 Å². The quantitative estimate of drug-likeness (QED) is 0.286. The van der Waals surface area contributed by atoms with Crippen LogP contribution < -0.4 is 0 Å². The molecule has 0 nitrogen and oxygen atoms in total. The first-order chi connectivity index (χ1) is 6.66. The molecule has 0 saturated carbocycles. The number of allylic oxidation sites excluding steroid dienone is 2. The molecule has 0 rings (SSSR count). The van der Waals surface area contributed by atoms with E-state index in [1.165, 1.54) is 37.5 Å². The van der Waals surface area contributed by atoms with Crippen LogP contribution in [-0.4, -0.2) is 7.28 Å². The smallest absolute Gasteiger partial charge is 0.103 e. The summed E-state index contributed by atoms with van der Waals surface area (Å²) in [6.07, 6.45) is 9.41. The van der Waals surface area contributed by atoms with Crippen LogP contribution in [0.5, 0.6) is 0 Å². The van der Waals surface area contributed by atoms with Crippen LogP contribution in [0.4, 0.5) is 0 Å². The van der Waals surface area contributed by atoms with Gasteiger partial charge in [-0.1, -0.05) is 44.1 Å². The molecule has 0 bridgehead atoms. The second-order valence-corrected chi connectivity index (χ2v) is 4.35. The van der Waals surface area contributed by atoms with E-state index in [-0.39, 0.29) is 0 Å². The van der Waals surface area contributed by atoms with Crippen LogP contribution in [0.25, 0.3) is 0 Å². The molecule has 0 heterocycles. The number of rotatable bonds is 9. The Morgan fingerprint density at radius 3 is 2.71 bits per heavy atom. The lowest BCUT2D eigenvalue weighted by Gasteiger charge is -2.10. The topological polar surface area (TPSA) is 0 Å². The SMILES string of the molecule is C=CCC[B]CCCC(C)CC(=C)C. The molecule has 0 aromatic heterocycles. The van der Waals surface area contributed by atoms with E-state index in [0.29, 0.717) is 0 Å². The highest BCUT2D eigenvalue weighted by molar-refractivity contribution is 6.35. The fourth-order valence-corrected chi connectivity index (χ4v) is 1.69. The first-order valence-corrected chi connectivity index (χ1v) is 5.73. The maximum absolute atomic E-state index is 3.94. The lowest BCUT2D eigenvalue weighted by atomic mass is 9.68. The summed E-state index contributed by atoms with van der Waals surface area (Å²) in [6.45, 7) is 12.1. The highest BCUT2D eigenvalue weighted by Crippen LogP contribution is 2.16. The molecule has 1 heteroatoms. The molecule has 0 aliphatic carbocycles. The Balaban J connectivity index is 3.18. The summed E-state index contributed by atoms with van der Waals surface area (Å²) in [5.74, 6) is 0.806. The van der Waals surface area contributed by atoms with Gasteiger partial charge in [-0.15, -0.1) is 13.2 Å². The molecular weight excluding hydrogens is 167 g/mol. The normalized spacial score (nSPS) is 12.1. The van der Waals surface area contributed by atoms with Gasteiger partial charge in [0, 0.05) is 0 Å². The molecule has 0 spiro atoms. The number of hydrogen-bond donors (Lipinski definition) is 0. The highest BCUT2D eigenvalue weighted by Gasteiger charge is 2.01. The zero-order chi connectivity index (χ0) is 10.8. The Morgan fingerprint density at radius 2 is 2.14 bits per heavy atom. The summed E-state index contributed by atoms with van der Waals surface area (Å²) in [6, 6.07) is 0. The van der Waals surface area contributed by atoms with Gasteiger partial charge in [0.25, 0.3) is 0 Å². The molecule has 0 amide bonds. The molecule has 79 valence electrons. The maximum atomic E-state index is 3.94. The van der Waals surface area contributed by atoms with E-state index in [0.717, 1.165) is 12.3 Å². The monoisotopic (exact) mass is 191 g/mol. The predicted octanol–water partition coefficient (Wildman–Crippen LogP) is 4.49. The summed E-state index contributed by atoms with van der Waals surface area (Å²) in [5.41, 5.74) is 1.31. The van der Waals surface area contributed by atoms with Crippen molar-refractivity contribution in [2.45, 2.75) is 52.2 Å². The molecule has 0 aliphatic heterocycles. The van der Waals surface area contributed by atoms with Gasteiger partial charge in [0.15, 0.2) is 0 Å². The van der Waals surface area contributed by atoms with Crippen LogP contribution in [0, 0.1) is 5.92 Å². The molecule has 0 aromatic carbocycles. The Morgan fingerprint density at radius 1 is 1.43 bits per heavy atom. The van der Waals surface area contributed by atoms with Crippen molar-refractivity contribution in [2.24, 2.45) is 5.92 Å². The largest absolute Gasteiger partial charge is 0.109 e. The van der Waals surface area contributed by atoms with Gasteiger partial charge in [0.05, 0.1) is 0 Å². The van der Waals surface area contributed by atoms with E-state index < -0.39 is 0 Å². The van der Waals surface area contributed by atoms with E-state index in [9.17, 15) is 0 Å². The third-order valence-electron chi connectivity index (χ3n) is 2.38. The van der Waals surface area contributed by atoms with Gasteiger partial charge in [-0.3, -0.25) is 0 Å². The molecule has 0 aromatic rings. The molecule has 0 fully saturated rings. The molecule has 0 saturated heterocycles. The van der Waals surface area contributed by atoms with Gasteiger partial charge >= 0.3 is 0 Å². The lowest BCUT2D eigenvalue weighted by Crippen LogP contribution is -1.96. The summed E-state index contributed by atoms with van der Waals surface area (Å²) in [5, 5.41) is 0. The summed E-state index contributed by atoms with van der Waals surface area (Å²) < 4.78 is 0. The third-order valence-corrected chi connectivity index (χ3v) is 2.38. The molecule has 1 unspecified atom stereocenters. The van der Waals surface area contributed by atoms with Gasteiger partial charge in [0.2, 0.25) is 0 Å². The molecule has 1 radical (unpaired) electrons. The van der Waals surface area contributed by atoms with E-state index >= 15 is 0 Å². The van der Waals surface area contributed by atoms with Crippen LogP contribution in [0.1, 0.15) is 39.5 Å². The minimum atomic E-state index is 0.806.